The Balaban J connectivity index is 1.30. The zero-order valence-corrected chi connectivity index (χ0v) is 17.2. The lowest BCUT2D eigenvalue weighted by Crippen LogP contribution is -2.40. The zero-order valence-electron chi connectivity index (χ0n) is 14.8. The van der Waals surface area contributed by atoms with Crippen LogP contribution in [-0.4, -0.2) is 36.2 Å². The number of nitrogens with zero attached hydrogens (tertiary/aromatic N) is 1. The van der Waals surface area contributed by atoms with Crippen LogP contribution in [0, 0.1) is 5.92 Å². The molecule has 2 heterocycles. The molecule has 1 aliphatic rings. The van der Waals surface area contributed by atoms with Gasteiger partial charge in [-0.3, -0.25) is 9.69 Å². The number of likely N-dealkylation sites (tertiary alicyclic amines) is 1. The zero-order chi connectivity index (χ0) is 18.2. The summed E-state index contributed by atoms with van der Waals surface area (Å²) in [7, 11) is 0. The van der Waals surface area contributed by atoms with Crippen molar-refractivity contribution in [2.24, 2.45) is 5.92 Å². The van der Waals surface area contributed by atoms with Crippen LogP contribution in [0.15, 0.2) is 51.6 Å². The van der Waals surface area contributed by atoms with Crippen molar-refractivity contribution < 1.29 is 9.21 Å². The van der Waals surface area contributed by atoms with Crippen molar-refractivity contribution >= 4 is 33.6 Å². The number of nitrogens with one attached hydrogen (secondary N) is 1. The van der Waals surface area contributed by atoms with Crippen LogP contribution in [0.3, 0.4) is 0 Å². The molecule has 0 bridgehead atoms. The monoisotopic (exact) mass is 436 g/mol. The van der Waals surface area contributed by atoms with Crippen LogP contribution in [0.25, 0.3) is 0 Å². The van der Waals surface area contributed by atoms with Crippen molar-refractivity contribution in [3.63, 3.8) is 0 Å². The Bertz CT molecular complexity index is 668. The summed E-state index contributed by atoms with van der Waals surface area (Å²) in [5, 5.41) is 3.09. The van der Waals surface area contributed by atoms with Gasteiger partial charge in [0.15, 0.2) is 0 Å². The number of hydrogen-bond donors (Lipinski definition) is 1. The fraction of sp³-hybridized carbons (Fsp3) is 0.450. The second-order valence-corrected chi connectivity index (χ2v) is 8.62. The molecule has 2 aromatic rings. The molecule has 1 N–H and O–H groups in total. The van der Waals surface area contributed by atoms with Crippen LogP contribution in [0.5, 0.6) is 0 Å². The molecule has 1 aliphatic heterocycles. The molecule has 0 unspecified atom stereocenters. The molecule has 1 fully saturated rings. The Morgan fingerprint density at radius 1 is 1.23 bits per heavy atom. The molecule has 6 heteroatoms. The van der Waals surface area contributed by atoms with Gasteiger partial charge >= 0.3 is 0 Å². The third-order valence-electron chi connectivity index (χ3n) is 4.65. The van der Waals surface area contributed by atoms with Crippen LogP contribution < -0.4 is 5.32 Å². The molecule has 4 nitrogen and oxygen atoms in total. The number of hydrogen-bond acceptors (Lipinski definition) is 4. The van der Waals surface area contributed by atoms with Gasteiger partial charge in [0.1, 0.15) is 5.76 Å². The third-order valence-corrected chi connectivity index (χ3v) is 6.16. The Morgan fingerprint density at radius 2 is 2.00 bits per heavy atom. The number of rotatable bonds is 8. The maximum atomic E-state index is 12.3. The average molecular weight is 437 g/mol. The first kappa shape index (κ1) is 19.5. The van der Waals surface area contributed by atoms with E-state index >= 15 is 0 Å². The molecule has 140 valence electrons. The van der Waals surface area contributed by atoms with Gasteiger partial charge in [-0.2, -0.15) is 11.8 Å². The van der Waals surface area contributed by atoms with Gasteiger partial charge in [0.25, 0.3) is 0 Å². The predicted molar refractivity (Wildman–Crippen MR) is 110 cm³/mol. The van der Waals surface area contributed by atoms with E-state index in [2.05, 4.69) is 50.4 Å². The highest BCUT2D eigenvalue weighted by atomic mass is 79.9. The molecule has 1 aromatic heterocycles. The first-order valence-electron chi connectivity index (χ1n) is 9.05. The van der Waals surface area contributed by atoms with E-state index in [0.717, 1.165) is 60.8 Å². The number of thioether (sulfide) groups is 1. The van der Waals surface area contributed by atoms with Crippen LogP contribution in [-0.2, 0) is 17.1 Å². The van der Waals surface area contributed by atoms with Gasteiger partial charge in [0.05, 0.1) is 12.0 Å². The van der Waals surface area contributed by atoms with E-state index in [0.29, 0.717) is 0 Å². The normalized spacial score (nSPS) is 15.9. The van der Waals surface area contributed by atoms with Crippen LogP contribution in [0.1, 0.15) is 24.2 Å². The van der Waals surface area contributed by atoms with Crippen LogP contribution >= 0.6 is 27.7 Å². The molecule has 1 saturated heterocycles. The summed E-state index contributed by atoms with van der Waals surface area (Å²) in [6.45, 7) is 3.66. The Kier molecular flexibility index (Phi) is 7.65. The van der Waals surface area contributed by atoms with Crippen molar-refractivity contribution in [2.45, 2.75) is 25.1 Å². The van der Waals surface area contributed by atoms with E-state index in [1.807, 2.05) is 12.1 Å². The lowest BCUT2D eigenvalue weighted by molar-refractivity contribution is -0.126. The molecule has 3 rings (SSSR count). The molecule has 26 heavy (non-hydrogen) atoms. The van der Waals surface area contributed by atoms with Crippen molar-refractivity contribution in [2.75, 3.05) is 25.4 Å². The van der Waals surface area contributed by atoms with E-state index < -0.39 is 0 Å². The minimum atomic E-state index is 0.159. The number of piperidine rings is 1. The second kappa shape index (κ2) is 10.2. The molecule has 0 atom stereocenters. The third kappa shape index (κ3) is 6.18. The van der Waals surface area contributed by atoms with Crippen LogP contribution in [0.4, 0.5) is 0 Å². The van der Waals surface area contributed by atoms with Crippen LogP contribution in [0.2, 0.25) is 0 Å². The highest BCUT2D eigenvalue weighted by molar-refractivity contribution is 9.10. The van der Waals surface area contributed by atoms with Crippen molar-refractivity contribution in [1.29, 1.82) is 0 Å². The Hall–Kier alpha value is -1.24. The molecule has 1 aromatic carbocycles. The molecule has 1 amide bonds. The second-order valence-electron chi connectivity index (χ2n) is 6.60. The minimum absolute atomic E-state index is 0.159. The largest absolute Gasteiger partial charge is 0.468 e. The molecular weight excluding hydrogens is 412 g/mol. The van der Waals surface area contributed by atoms with E-state index in [9.17, 15) is 4.79 Å². The topological polar surface area (TPSA) is 45.5 Å². The maximum absolute atomic E-state index is 12.3. The summed E-state index contributed by atoms with van der Waals surface area (Å²) in [4.78, 5) is 14.8. The fourth-order valence-corrected chi connectivity index (χ4v) is 4.18. The van der Waals surface area contributed by atoms with Gasteiger partial charge < -0.3 is 9.73 Å². The van der Waals surface area contributed by atoms with Gasteiger partial charge in [-0.15, -0.1) is 0 Å². The van der Waals surface area contributed by atoms with Gasteiger partial charge in [-0.25, -0.2) is 0 Å². The maximum Gasteiger partial charge on any atom is 0.223 e. The van der Waals surface area contributed by atoms with E-state index in [1.54, 1.807) is 18.0 Å². The van der Waals surface area contributed by atoms with Crippen molar-refractivity contribution in [3.05, 3.63) is 58.5 Å². The van der Waals surface area contributed by atoms with Crippen molar-refractivity contribution in [3.8, 4) is 0 Å². The smallest absolute Gasteiger partial charge is 0.223 e. The van der Waals surface area contributed by atoms with Gasteiger partial charge in [0, 0.05) is 29.2 Å². The highest BCUT2D eigenvalue weighted by Crippen LogP contribution is 2.20. The van der Waals surface area contributed by atoms with Crippen molar-refractivity contribution in [1.82, 2.24) is 10.2 Å². The first-order valence-corrected chi connectivity index (χ1v) is 11.0. The summed E-state index contributed by atoms with van der Waals surface area (Å²) in [5.41, 5.74) is 1.32. The highest BCUT2D eigenvalue weighted by Gasteiger charge is 2.24. The lowest BCUT2D eigenvalue weighted by Gasteiger charge is -2.31. The Morgan fingerprint density at radius 3 is 2.69 bits per heavy atom. The van der Waals surface area contributed by atoms with E-state index in [1.165, 1.54) is 5.56 Å². The molecule has 0 aliphatic carbocycles. The number of amides is 1. The minimum Gasteiger partial charge on any atom is -0.468 e. The standard InChI is InChI=1S/C20H25BrN2O2S/c21-18-5-3-16(4-6-18)14-23-10-7-17(8-11-23)20(24)22-9-13-26-15-19-2-1-12-25-19/h1-6,12,17H,7-11,13-15H2,(H,22,24). The summed E-state index contributed by atoms with van der Waals surface area (Å²) in [5.74, 6) is 3.13. The Labute approximate surface area is 167 Å². The summed E-state index contributed by atoms with van der Waals surface area (Å²) < 4.78 is 6.41. The molecular formula is C20H25BrN2O2S. The number of furan rings is 1. The first-order chi connectivity index (χ1) is 12.7. The molecule has 0 radical (unpaired) electrons. The van der Waals surface area contributed by atoms with Gasteiger partial charge in [-0.1, -0.05) is 28.1 Å². The number of halogens is 1. The predicted octanol–water partition coefficient (Wildman–Crippen LogP) is 4.30. The molecule has 0 saturated carbocycles. The van der Waals surface area contributed by atoms with E-state index in [4.69, 9.17) is 4.42 Å². The summed E-state index contributed by atoms with van der Waals surface area (Å²) in [6.07, 6.45) is 3.59. The summed E-state index contributed by atoms with van der Waals surface area (Å²) >= 11 is 5.25. The number of carbonyl (C=O) groups excluding carboxylic acids is 1. The van der Waals surface area contributed by atoms with Gasteiger partial charge in [0.2, 0.25) is 5.91 Å². The SMILES string of the molecule is O=C(NCCSCc1ccco1)C1CCN(Cc2ccc(Br)cc2)CC1. The fourth-order valence-electron chi connectivity index (χ4n) is 3.16. The molecule has 0 spiro atoms. The van der Waals surface area contributed by atoms with Gasteiger partial charge in [-0.05, 0) is 55.8 Å². The number of benzene rings is 1. The quantitative estimate of drug-likeness (QED) is 0.626. The summed E-state index contributed by atoms with van der Waals surface area (Å²) in [6, 6.07) is 12.4. The average Bonchev–Trinajstić information content (AvgIpc) is 3.17. The number of carbonyl (C=O) groups is 1. The lowest BCUT2D eigenvalue weighted by atomic mass is 9.95. The van der Waals surface area contributed by atoms with E-state index in [-0.39, 0.29) is 11.8 Å².